The Morgan fingerprint density at radius 1 is 1.04 bits per heavy atom. The van der Waals surface area contributed by atoms with Crippen molar-refractivity contribution in [1.29, 1.82) is 0 Å². The van der Waals surface area contributed by atoms with E-state index in [2.05, 4.69) is 22.4 Å². The summed E-state index contributed by atoms with van der Waals surface area (Å²) < 4.78 is 10.5. The van der Waals surface area contributed by atoms with E-state index in [0.717, 1.165) is 22.7 Å². The van der Waals surface area contributed by atoms with Gasteiger partial charge in [0.2, 0.25) is 0 Å². The predicted octanol–water partition coefficient (Wildman–Crippen LogP) is 3.99. The molecular weight excluding hydrogens is 360 g/mol. The maximum Gasteiger partial charge on any atom is 0.263 e. The highest BCUT2D eigenvalue weighted by molar-refractivity contribution is 7.13. The van der Waals surface area contributed by atoms with Crippen LogP contribution in [0.2, 0.25) is 0 Å². The third kappa shape index (κ3) is 4.65. The number of thiazole rings is 1. The van der Waals surface area contributed by atoms with Gasteiger partial charge in [-0.05, 0) is 30.2 Å². The van der Waals surface area contributed by atoms with E-state index in [0.29, 0.717) is 22.9 Å². The van der Waals surface area contributed by atoms with Gasteiger partial charge in [-0.25, -0.2) is 4.98 Å². The summed E-state index contributed by atoms with van der Waals surface area (Å²) >= 11 is 1.44. The molecule has 3 aromatic rings. The first-order valence-corrected chi connectivity index (χ1v) is 9.41. The fourth-order valence-electron chi connectivity index (χ4n) is 2.76. The Bertz CT molecular complexity index is 922. The Hall–Kier alpha value is -2.86. The number of aromatic nitrogens is 1. The molecule has 0 aliphatic carbocycles. The molecule has 140 valence electrons. The first-order valence-electron chi connectivity index (χ1n) is 8.60. The highest BCUT2D eigenvalue weighted by atomic mass is 32.1. The van der Waals surface area contributed by atoms with Crippen molar-refractivity contribution in [3.8, 4) is 11.5 Å². The third-order valence-corrected chi connectivity index (χ3v) is 5.30. The summed E-state index contributed by atoms with van der Waals surface area (Å²) in [5, 5.41) is 3.90. The fourth-order valence-corrected chi connectivity index (χ4v) is 3.78. The van der Waals surface area contributed by atoms with Gasteiger partial charge in [-0.1, -0.05) is 36.4 Å². The second kappa shape index (κ2) is 8.68. The maximum absolute atomic E-state index is 12.6. The Kier molecular flexibility index (Phi) is 6.08. The number of amides is 1. The van der Waals surface area contributed by atoms with Gasteiger partial charge in [0.25, 0.3) is 5.91 Å². The van der Waals surface area contributed by atoms with Gasteiger partial charge in [0.05, 0.1) is 24.9 Å². The number of hydrogen-bond donors (Lipinski definition) is 1. The van der Waals surface area contributed by atoms with Crippen molar-refractivity contribution in [1.82, 2.24) is 10.3 Å². The number of nitrogens with one attached hydrogen (secondary N) is 1. The van der Waals surface area contributed by atoms with Crippen LogP contribution in [-0.2, 0) is 13.0 Å². The first-order chi connectivity index (χ1) is 13.1. The van der Waals surface area contributed by atoms with Crippen molar-refractivity contribution < 1.29 is 14.3 Å². The van der Waals surface area contributed by atoms with Crippen molar-refractivity contribution >= 4 is 17.2 Å². The van der Waals surface area contributed by atoms with E-state index in [1.165, 1.54) is 16.9 Å². The van der Waals surface area contributed by atoms with Crippen LogP contribution in [0, 0.1) is 6.92 Å². The topological polar surface area (TPSA) is 60.5 Å². The zero-order valence-corrected chi connectivity index (χ0v) is 16.4. The smallest absolute Gasteiger partial charge is 0.263 e. The average Bonchev–Trinajstić information content (AvgIpc) is 3.06. The molecule has 0 fully saturated rings. The van der Waals surface area contributed by atoms with Crippen molar-refractivity contribution in [2.75, 3.05) is 14.2 Å². The lowest BCUT2D eigenvalue weighted by Crippen LogP contribution is -2.22. The van der Waals surface area contributed by atoms with Crippen LogP contribution in [0.15, 0.2) is 48.5 Å². The van der Waals surface area contributed by atoms with Gasteiger partial charge in [0.15, 0.2) is 11.5 Å². The fraction of sp³-hybridized carbons (Fsp3) is 0.238. The van der Waals surface area contributed by atoms with E-state index < -0.39 is 0 Å². The van der Waals surface area contributed by atoms with E-state index in [9.17, 15) is 4.79 Å². The number of aryl methyl sites for hydroxylation is 1. The van der Waals surface area contributed by atoms with Crippen LogP contribution < -0.4 is 14.8 Å². The summed E-state index contributed by atoms with van der Waals surface area (Å²) in [6.07, 6.45) is 0.731. The maximum atomic E-state index is 12.6. The van der Waals surface area contributed by atoms with Crippen LogP contribution in [0.5, 0.6) is 11.5 Å². The standard InChI is InChI=1S/C21H22N2O3S/c1-14-20(27-19(23-14)12-15-7-5-4-6-8-15)21(24)22-13-16-9-10-17(25-2)18(11-16)26-3/h4-11H,12-13H2,1-3H3,(H,22,24). The predicted molar refractivity (Wildman–Crippen MR) is 107 cm³/mol. The van der Waals surface area contributed by atoms with E-state index >= 15 is 0 Å². The van der Waals surface area contributed by atoms with Gasteiger partial charge in [-0.2, -0.15) is 0 Å². The number of carbonyl (C=O) groups excluding carboxylic acids is 1. The molecule has 1 heterocycles. The highest BCUT2D eigenvalue weighted by Gasteiger charge is 2.15. The molecule has 6 heteroatoms. The molecule has 1 amide bonds. The summed E-state index contributed by atoms with van der Waals surface area (Å²) in [7, 11) is 3.19. The molecule has 5 nitrogen and oxygen atoms in total. The SMILES string of the molecule is COc1ccc(CNC(=O)c2sc(Cc3ccccc3)nc2C)cc1OC. The van der Waals surface area contributed by atoms with E-state index in [4.69, 9.17) is 9.47 Å². The monoisotopic (exact) mass is 382 g/mol. The van der Waals surface area contributed by atoms with Crippen molar-refractivity contribution in [2.45, 2.75) is 19.9 Å². The van der Waals surface area contributed by atoms with E-state index in [1.807, 2.05) is 43.3 Å². The second-order valence-corrected chi connectivity index (χ2v) is 7.14. The number of nitrogens with zero attached hydrogens (tertiary/aromatic N) is 1. The lowest BCUT2D eigenvalue weighted by molar-refractivity contribution is 0.0954. The molecular formula is C21H22N2O3S. The summed E-state index contributed by atoms with van der Waals surface area (Å²) in [6.45, 7) is 2.28. The molecule has 0 spiro atoms. The first kappa shape index (κ1) is 18.9. The molecule has 0 saturated carbocycles. The van der Waals surface area contributed by atoms with Crippen molar-refractivity contribution in [3.05, 3.63) is 75.2 Å². The summed E-state index contributed by atoms with van der Waals surface area (Å²) in [5.41, 5.74) is 2.88. The number of rotatable bonds is 7. The minimum absolute atomic E-state index is 0.112. The normalized spacial score (nSPS) is 10.5. The van der Waals surface area contributed by atoms with Crippen molar-refractivity contribution in [3.63, 3.8) is 0 Å². The Morgan fingerprint density at radius 3 is 2.48 bits per heavy atom. The van der Waals surface area contributed by atoms with Crippen LogP contribution in [0.1, 0.15) is 31.5 Å². The quantitative estimate of drug-likeness (QED) is 0.671. The van der Waals surface area contributed by atoms with Crippen LogP contribution in [-0.4, -0.2) is 25.1 Å². The molecule has 1 aromatic heterocycles. The molecule has 3 rings (SSSR count). The molecule has 0 saturated heterocycles. The highest BCUT2D eigenvalue weighted by Crippen LogP contribution is 2.27. The van der Waals surface area contributed by atoms with Gasteiger partial charge < -0.3 is 14.8 Å². The number of ether oxygens (including phenoxy) is 2. The third-order valence-electron chi connectivity index (χ3n) is 4.15. The van der Waals surface area contributed by atoms with Gasteiger partial charge in [-0.15, -0.1) is 11.3 Å². The minimum atomic E-state index is -0.112. The molecule has 0 atom stereocenters. The largest absolute Gasteiger partial charge is 0.493 e. The van der Waals surface area contributed by atoms with Crippen LogP contribution >= 0.6 is 11.3 Å². The van der Waals surface area contributed by atoms with Gasteiger partial charge >= 0.3 is 0 Å². The molecule has 27 heavy (non-hydrogen) atoms. The molecule has 2 aromatic carbocycles. The Balaban J connectivity index is 1.66. The average molecular weight is 382 g/mol. The summed E-state index contributed by atoms with van der Waals surface area (Å²) in [4.78, 5) is 17.8. The zero-order chi connectivity index (χ0) is 19.2. The number of hydrogen-bond acceptors (Lipinski definition) is 5. The molecule has 0 aliphatic heterocycles. The van der Waals surface area contributed by atoms with Gasteiger partial charge in [-0.3, -0.25) is 4.79 Å². The summed E-state index contributed by atoms with van der Waals surface area (Å²) in [5.74, 6) is 1.19. The minimum Gasteiger partial charge on any atom is -0.493 e. The molecule has 0 unspecified atom stereocenters. The Morgan fingerprint density at radius 2 is 1.78 bits per heavy atom. The van der Waals surface area contributed by atoms with Gasteiger partial charge in [0, 0.05) is 13.0 Å². The second-order valence-electron chi connectivity index (χ2n) is 6.06. The molecule has 0 bridgehead atoms. The Labute approximate surface area is 163 Å². The molecule has 1 N–H and O–H groups in total. The lowest BCUT2D eigenvalue weighted by Gasteiger charge is -2.10. The number of benzene rings is 2. The van der Waals surface area contributed by atoms with Gasteiger partial charge in [0.1, 0.15) is 4.88 Å². The van der Waals surface area contributed by atoms with E-state index in [1.54, 1.807) is 14.2 Å². The molecule has 0 radical (unpaired) electrons. The van der Waals surface area contributed by atoms with E-state index in [-0.39, 0.29) is 5.91 Å². The van der Waals surface area contributed by atoms with Crippen LogP contribution in [0.4, 0.5) is 0 Å². The summed E-state index contributed by atoms with van der Waals surface area (Å²) in [6, 6.07) is 15.7. The number of carbonyl (C=O) groups is 1. The number of methoxy groups -OCH3 is 2. The van der Waals surface area contributed by atoms with Crippen LogP contribution in [0.25, 0.3) is 0 Å². The lowest BCUT2D eigenvalue weighted by atomic mass is 10.2. The zero-order valence-electron chi connectivity index (χ0n) is 15.6. The molecule has 0 aliphatic rings. The van der Waals surface area contributed by atoms with Crippen molar-refractivity contribution in [2.24, 2.45) is 0 Å². The van der Waals surface area contributed by atoms with Crippen LogP contribution in [0.3, 0.4) is 0 Å².